The molecule has 2 aromatic carbocycles. The van der Waals surface area contributed by atoms with Crippen molar-refractivity contribution in [3.05, 3.63) is 64.4 Å². The van der Waals surface area contributed by atoms with Gasteiger partial charge >= 0.3 is 0 Å². The number of halogens is 2. The molecule has 0 aromatic heterocycles. The summed E-state index contributed by atoms with van der Waals surface area (Å²) in [4.78, 5) is 0. The highest BCUT2D eigenvalue weighted by atomic mass is 35.5. The van der Waals surface area contributed by atoms with E-state index < -0.39 is 0 Å². The fraction of sp³-hybridized carbons (Fsp3) is 0.0667. The van der Waals surface area contributed by atoms with Gasteiger partial charge in [0, 0.05) is 11.1 Å². The maximum Gasteiger partial charge on any atom is 0.184 e. The van der Waals surface area contributed by atoms with Gasteiger partial charge in [-0.1, -0.05) is 29.8 Å². The highest BCUT2D eigenvalue weighted by Crippen LogP contribution is 2.21. The van der Waals surface area contributed by atoms with Crippen LogP contribution in [0.15, 0.2) is 47.6 Å². The topological polar surface area (TPSA) is 59.6 Å². The van der Waals surface area contributed by atoms with Gasteiger partial charge in [0.2, 0.25) is 0 Å². The van der Waals surface area contributed by atoms with E-state index in [4.69, 9.17) is 22.1 Å². The van der Waals surface area contributed by atoms with E-state index in [0.717, 1.165) is 5.56 Å². The average Bonchev–Trinajstić information content (AvgIpc) is 2.47. The van der Waals surface area contributed by atoms with E-state index in [9.17, 15) is 4.39 Å². The van der Waals surface area contributed by atoms with E-state index in [0.29, 0.717) is 16.3 Å². The summed E-state index contributed by atoms with van der Waals surface area (Å²) in [5.74, 6) is 0.224. The molecule has 0 amide bonds. The first-order valence-corrected chi connectivity index (χ1v) is 7.09. The van der Waals surface area contributed by atoms with Crippen LogP contribution in [0.2, 0.25) is 5.02 Å². The van der Waals surface area contributed by atoms with Gasteiger partial charge in [0.1, 0.15) is 18.2 Å². The van der Waals surface area contributed by atoms with Crippen molar-refractivity contribution in [1.82, 2.24) is 5.43 Å². The smallest absolute Gasteiger partial charge is 0.184 e. The van der Waals surface area contributed by atoms with Gasteiger partial charge in [-0.05, 0) is 36.5 Å². The number of nitrogens with zero attached hydrogens (tertiary/aromatic N) is 1. The molecule has 22 heavy (non-hydrogen) atoms. The standard InChI is InChI=1S/C15H13ClFN3OS/c16-13-7-12(17)6-5-11(13)9-21-14-4-2-1-3-10(14)8-19-20-15(18)22/h1-8H,9H2,(H3,18,20,22). The predicted molar refractivity (Wildman–Crippen MR) is 89.7 cm³/mol. The van der Waals surface area contributed by atoms with Crippen molar-refractivity contribution in [2.45, 2.75) is 6.61 Å². The number of benzene rings is 2. The zero-order valence-corrected chi connectivity index (χ0v) is 13.0. The average molecular weight is 338 g/mol. The summed E-state index contributed by atoms with van der Waals surface area (Å²) in [5.41, 5.74) is 9.19. The van der Waals surface area contributed by atoms with Gasteiger partial charge in [-0.2, -0.15) is 5.10 Å². The number of hydrazone groups is 1. The van der Waals surface area contributed by atoms with Crippen molar-refractivity contribution in [2.75, 3.05) is 0 Å². The van der Waals surface area contributed by atoms with Crippen LogP contribution in [-0.2, 0) is 6.61 Å². The monoisotopic (exact) mass is 337 g/mol. The van der Waals surface area contributed by atoms with Crippen LogP contribution < -0.4 is 15.9 Å². The second-order valence-electron chi connectivity index (χ2n) is 4.30. The van der Waals surface area contributed by atoms with Crippen LogP contribution in [0.25, 0.3) is 0 Å². The summed E-state index contributed by atoms with van der Waals surface area (Å²) in [5, 5.41) is 4.29. The van der Waals surface area contributed by atoms with Crippen LogP contribution in [0.3, 0.4) is 0 Å². The lowest BCUT2D eigenvalue weighted by Gasteiger charge is -2.10. The zero-order chi connectivity index (χ0) is 15.9. The van der Waals surface area contributed by atoms with Gasteiger partial charge < -0.3 is 10.5 Å². The van der Waals surface area contributed by atoms with Gasteiger partial charge in [0.15, 0.2) is 5.11 Å². The van der Waals surface area contributed by atoms with Crippen LogP contribution in [0.4, 0.5) is 4.39 Å². The molecule has 0 aliphatic heterocycles. The molecule has 3 N–H and O–H groups in total. The minimum absolute atomic E-state index is 0.0766. The third-order valence-electron chi connectivity index (χ3n) is 2.70. The Bertz CT molecular complexity index is 709. The summed E-state index contributed by atoms with van der Waals surface area (Å²) >= 11 is 10.6. The molecule has 0 bridgehead atoms. The lowest BCUT2D eigenvalue weighted by Crippen LogP contribution is -2.24. The summed E-state index contributed by atoms with van der Waals surface area (Å²) in [7, 11) is 0. The van der Waals surface area contributed by atoms with Crippen LogP contribution in [0.1, 0.15) is 11.1 Å². The number of para-hydroxylation sites is 1. The SMILES string of the molecule is NC(=S)NN=Cc1ccccc1OCc1ccc(F)cc1Cl. The molecule has 7 heteroatoms. The van der Waals surface area contributed by atoms with Gasteiger partial charge in [0.25, 0.3) is 0 Å². The molecule has 0 aliphatic rings. The van der Waals surface area contributed by atoms with Gasteiger partial charge in [-0.15, -0.1) is 0 Å². The van der Waals surface area contributed by atoms with Crippen molar-refractivity contribution in [3.63, 3.8) is 0 Å². The first-order valence-electron chi connectivity index (χ1n) is 6.30. The highest BCUT2D eigenvalue weighted by molar-refractivity contribution is 7.80. The quantitative estimate of drug-likeness (QED) is 0.499. The van der Waals surface area contributed by atoms with Gasteiger partial charge in [-0.3, -0.25) is 5.43 Å². The van der Waals surface area contributed by atoms with Crippen LogP contribution in [0, 0.1) is 5.82 Å². The van der Waals surface area contributed by atoms with E-state index in [2.05, 4.69) is 22.7 Å². The van der Waals surface area contributed by atoms with Gasteiger partial charge in [0.05, 0.1) is 11.2 Å². The largest absolute Gasteiger partial charge is 0.488 e. The maximum absolute atomic E-state index is 13.0. The van der Waals surface area contributed by atoms with E-state index in [1.807, 2.05) is 18.2 Å². The Morgan fingerprint density at radius 3 is 2.86 bits per heavy atom. The fourth-order valence-corrected chi connectivity index (χ4v) is 1.95. The summed E-state index contributed by atoms with van der Waals surface area (Å²) in [6.45, 7) is 0.215. The van der Waals surface area contributed by atoms with Crippen molar-refractivity contribution in [3.8, 4) is 5.75 Å². The lowest BCUT2D eigenvalue weighted by molar-refractivity contribution is 0.305. The van der Waals surface area contributed by atoms with E-state index in [1.54, 1.807) is 18.3 Å². The van der Waals surface area contributed by atoms with E-state index >= 15 is 0 Å². The number of hydrogen-bond donors (Lipinski definition) is 2. The Kier molecular flexibility index (Phi) is 5.68. The first kappa shape index (κ1) is 16.2. The van der Waals surface area contributed by atoms with E-state index in [1.165, 1.54) is 12.1 Å². The Morgan fingerprint density at radius 2 is 2.14 bits per heavy atom. The molecule has 0 atom stereocenters. The minimum atomic E-state index is -0.384. The van der Waals surface area contributed by atoms with Crippen molar-refractivity contribution in [2.24, 2.45) is 10.8 Å². The molecule has 0 fully saturated rings. The molecule has 0 unspecified atom stereocenters. The number of rotatable bonds is 5. The third kappa shape index (κ3) is 4.68. The molecular formula is C15H13ClFN3OS. The Hall–Kier alpha value is -2.18. The molecule has 0 aliphatic carbocycles. The normalized spacial score (nSPS) is 10.6. The summed E-state index contributed by atoms with van der Waals surface area (Å²) in [6.07, 6.45) is 1.54. The maximum atomic E-state index is 13.0. The molecule has 114 valence electrons. The van der Waals surface area contributed by atoms with Crippen LogP contribution in [0.5, 0.6) is 5.75 Å². The summed E-state index contributed by atoms with van der Waals surface area (Å²) in [6, 6.07) is 11.5. The number of nitrogens with one attached hydrogen (secondary N) is 1. The van der Waals surface area contributed by atoms with Crippen LogP contribution >= 0.6 is 23.8 Å². The second kappa shape index (κ2) is 7.72. The molecule has 0 saturated heterocycles. The Balaban J connectivity index is 2.09. The highest BCUT2D eigenvalue weighted by Gasteiger charge is 2.05. The predicted octanol–water partition coefficient (Wildman–Crippen LogP) is 3.23. The summed E-state index contributed by atoms with van der Waals surface area (Å²) < 4.78 is 18.7. The minimum Gasteiger partial charge on any atom is -0.488 e. The molecular weight excluding hydrogens is 325 g/mol. The third-order valence-corrected chi connectivity index (χ3v) is 3.14. The molecule has 2 rings (SSSR count). The number of hydrogen-bond acceptors (Lipinski definition) is 3. The number of ether oxygens (including phenoxy) is 1. The van der Waals surface area contributed by atoms with Gasteiger partial charge in [-0.25, -0.2) is 4.39 Å². The number of nitrogens with two attached hydrogens (primary N) is 1. The van der Waals surface area contributed by atoms with E-state index in [-0.39, 0.29) is 17.5 Å². The Morgan fingerprint density at radius 1 is 1.36 bits per heavy atom. The Labute approximate surface area is 137 Å². The number of thiocarbonyl (C=S) groups is 1. The molecule has 0 heterocycles. The molecule has 0 saturated carbocycles. The zero-order valence-electron chi connectivity index (χ0n) is 11.4. The fourth-order valence-electron chi connectivity index (χ4n) is 1.68. The molecule has 0 spiro atoms. The molecule has 4 nitrogen and oxygen atoms in total. The second-order valence-corrected chi connectivity index (χ2v) is 5.14. The van der Waals surface area contributed by atoms with Crippen molar-refractivity contribution >= 4 is 35.1 Å². The lowest BCUT2D eigenvalue weighted by atomic mass is 10.2. The van der Waals surface area contributed by atoms with Crippen molar-refractivity contribution < 1.29 is 9.13 Å². The molecule has 2 aromatic rings. The van der Waals surface area contributed by atoms with Crippen LogP contribution in [-0.4, -0.2) is 11.3 Å². The van der Waals surface area contributed by atoms with Crippen molar-refractivity contribution in [1.29, 1.82) is 0 Å². The molecule has 0 radical (unpaired) electrons. The first-order chi connectivity index (χ1) is 10.6.